The van der Waals surface area contributed by atoms with E-state index in [0.29, 0.717) is 0 Å². The van der Waals surface area contributed by atoms with Gasteiger partial charge in [-0.05, 0) is 18.2 Å². The first kappa shape index (κ1) is 14.2. The Bertz CT molecular complexity index is 549. The Labute approximate surface area is 107 Å². The average Bonchev–Trinajstić information content (AvgIpc) is 2.28. The maximum Gasteiger partial charge on any atom is 0.353 e. The summed E-state index contributed by atoms with van der Waals surface area (Å²) in [6.07, 6.45) is 1.17. The van der Waals surface area contributed by atoms with E-state index in [-0.39, 0.29) is 5.56 Å². The lowest BCUT2D eigenvalue weighted by molar-refractivity contribution is 0.0747. The van der Waals surface area contributed by atoms with Crippen LogP contribution in [0.4, 0.5) is 5.69 Å². The van der Waals surface area contributed by atoms with E-state index in [4.69, 9.17) is 0 Å². The van der Waals surface area contributed by atoms with Gasteiger partial charge < -0.3 is 9.08 Å². The molecule has 0 amide bonds. The van der Waals surface area contributed by atoms with Crippen molar-refractivity contribution in [3.63, 3.8) is 0 Å². The highest BCUT2D eigenvalue weighted by Gasteiger charge is 2.17. The van der Waals surface area contributed by atoms with Gasteiger partial charge in [-0.3, -0.25) is 0 Å². The van der Waals surface area contributed by atoms with Crippen LogP contribution in [0.5, 0.6) is 0 Å². The summed E-state index contributed by atoms with van der Waals surface area (Å²) in [5.41, 5.74) is 0.972. The summed E-state index contributed by atoms with van der Waals surface area (Å²) in [6, 6.07) is 6.52. The lowest BCUT2D eigenvalue weighted by Crippen LogP contribution is -2.16. The molecule has 5 nitrogen and oxygen atoms in total. The van der Waals surface area contributed by atoms with Gasteiger partial charge in [0.2, 0.25) is 0 Å². The van der Waals surface area contributed by atoms with E-state index in [1.54, 1.807) is 23.1 Å². The molecule has 0 spiro atoms. The van der Waals surface area contributed by atoms with Crippen LogP contribution in [0.3, 0.4) is 0 Å². The molecule has 0 bridgehead atoms. The molecule has 6 heteroatoms. The van der Waals surface area contributed by atoms with Gasteiger partial charge in [0.1, 0.15) is 5.75 Å². The second kappa shape index (κ2) is 5.68. The molecule has 0 aliphatic carbocycles. The van der Waals surface area contributed by atoms with Gasteiger partial charge in [0.05, 0.1) is 5.56 Å². The molecule has 0 unspecified atom stereocenters. The second-order valence-corrected chi connectivity index (χ2v) is 5.44. The van der Waals surface area contributed by atoms with Gasteiger partial charge in [-0.25, -0.2) is 4.79 Å². The van der Waals surface area contributed by atoms with Crippen molar-refractivity contribution in [1.29, 1.82) is 0 Å². The fourth-order valence-corrected chi connectivity index (χ4v) is 1.94. The quantitative estimate of drug-likeness (QED) is 0.597. The monoisotopic (exact) mass is 269 g/mol. The molecule has 0 atom stereocenters. The SMILES string of the molecule is C=CCS(=O)(=O)OC(=O)c1cccc(N(C)C)c1. The minimum Gasteiger partial charge on any atom is -0.378 e. The van der Waals surface area contributed by atoms with Gasteiger partial charge in [-0.2, -0.15) is 8.42 Å². The second-order valence-electron chi connectivity index (χ2n) is 3.83. The standard InChI is InChI=1S/C12H15NO4S/c1-4-8-18(15,16)17-12(14)10-6-5-7-11(9-10)13(2)3/h4-7,9H,1,8H2,2-3H3. The first-order valence-electron chi connectivity index (χ1n) is 5.20. The van der Waals surface area contributed by atoms with Gasteiger partial charge in [-0.15, -0.1) is 6.58 Å². The summed E-state index contributed by atoms with van der Waals surface area (Å²) in [7, 11) is -0.257. The van der Waals surface area contributed by atoms with E-state index in [1.165, 1.54) is 12.1 Å². The van der Waals surface area contributed by atoms with Crippen LogP contribution in [-0.2, 0) is 14.3 Å². The fraction of sp³-hybridized carbons (Fsp3) is 0.250. The van der Waals surface area contributed by atoms with Crippen molar-refractivity contribution in [2.24, 2.45) is 0 Å². The average molecular weight is 269 g/mol. The Morgan fingerprint density at radius 3 is 2.67 bits per heavy atom. The number of carbonyl (C=O) groups is 1. The summed E-state index contributed by atoms with van der Waals surface area (Å²) >= 11 is 0. The van der Waals surface area contributed by atoms with E-state index in [2.05, 4.69) is 10.8 Å². The molecule has 0 aliphatic heterocycles. The zero-order valence-corrected chi connectivity index (χ0v) is 11.1. The van der Waals surface area contributed by atoms with Gasteiger partial charge in [0, 0.05) is 19.8 Å². The maximum atomic E-state index is 11.7. The van der Waals surface area contributed by atoms with Crippen LogP contribution in [0.1, 0.15) is 10.4 Å². The Balaban J connectivity index is 2.91. The Morgan fingerprint density at radius 2 is 2.11 bits per heavy atom. The maximum absolute atomic E-state index is 11.7. The van der Waals surface area contributed by atoms with Crippen LogP contribution < -0.4 is 4.90 Å². The number of anilines is 1. The van der Waals surface area contributed by atoms with Gasteiger partial charge >= 0.3 is 16.1 Å². The fourth-order valence-electron chi connectivity index (χ4n) is 1.25. The van der Waals surface area contributed by atoms with Crippen molar-refractivity contribution in [2.45, 2.75) is 0 Å². The summed E-state index contributed by atoms with van der Waals surface area (Å²) in [4.78, 5) is 13.5. The van der Waals surface area contributed by atoms with Crippen LogP contribution in [0.2, 0.25) is 0 Å². The number of hydrogen-bond acceptors (Lipinski definition) is 5. The third-order valence-electron chi connectivity index (χ3n) is 2.12. The molecule has 0 N–H and O–H groups in total. The normalized spacial score (nSPS) is 10.8. The molecule has 0 radical (unpaired) electrons. The minimum atomic E-state index is -3.89. The van der Waals surface area contributed by atoms with Crippen LogP contribution in [0.15, 0.2) is 36.9 Å². The molecule has 18 heavy (non-hydrogen) atoms. The zero-order valence-electron chi connectivity index (χ0n) is 10.3. The van der Waals surface area contributed by atoms with Crippen molar-refractivity contribution in [3.8, 4) is 0 Å². The highest BCUT2D eigenvalue weighted by molar-refractivity contribution is 7.87. The smallest absolute Gasteiger partial charge is 0.353 e. The summed E-state index contributed by atoms with van der Waals surface area (Å²) in [5, 5.41) is 0. The van der Waals surface area contributed by atoms with E-state index >= 15 is 0 Å². The zero-order chi connectivity index (χ0) is 13.8. The van der Waals surface area contributed by atoms with Gasteiger partial charge in [0.25, 0.3) is 0 Å². The van der Waals surface area contributed by atoms with Crippen LogP contribution in [0, 0.1) is 0 Å². The number of hydrogen-bond donors (Lipinski definition) is 0. The van der Waals surface area contributed by atoms with Crippen molar-refractivity contribution >= 4 is 21.8 Å². The summed E-state index contributed by atoms with van der Waals surface area (Å²) in [5.74, 6) is -1.29. The molecule has 0 heterocycles. The van der Waals surface area contributed by atoms with Gasteiger partial charge in [-0.1, -0.05) is 12.1 Å². The molecular weight excluding hydrogens is 254 g/mol. The topological polar surface area (TPSA) is 63.7 Å². The van der Waals surface area contributed by atoms with E-state index in [9.17, 15) is 13.2 Å². The van der Waals surface area contributed by atoms with Gasteiger partial charge in [0.15, 0.2) is 0 Å². The van der Waals surface area contributed by atoms with E-state index in [0.717, 1.165) is 5.69 Å². The molecule has 1 aromatic rings. The molecule has 1 rings (SSSR count). The molecule has 98 valence electrons. The number of rotatable bonds is 5. The van der Waals surface area contributed by atoms with Crippen molar-refractivity contribution in [2.75, 3.05) is 24.7 Å². The number of carbonyl (C=O) groups excluding carboxylic acids is 1. The van der Waals surface area contributed by atoms with Crippen molar-refractivity contribution in [3.05, 3.63) is 42.5 Å². The predicted molar refractivity (Wildman–Crippen MR) is 70.2 cm³/mol. The molecule has 0 aliphatic rings. The molecule has 0 fully saturated rings. The first-order chi connectivity index (χ1) is 8.35. The molecule has 1 aromatic carbocycles. The van der Waals surface area contributed by atoms with E-state index < -0.39 is 21.8 Å². The third kappa shape index (κ3) is 3.89. The molecular formula is C12H15NO4S. The summed E-state index contributed by atoms with van der Waals surface area (Å²) in [6.45, 7) is 3.29. The van der Waals surface area contributed by atoms with Crippen LogP contribution in [-0.4, -0.2) is 34.2 Å². The molecule has 0 saturated carbocycles. The molecule has 0 saturated heterocycles. The van der Waals surface area contributed by atoms with Crippen LogP contribution >= 0.6 is 0 Å². The number of benzene rings is 1. The largest absolute Gasteiger partial charge is 0.378 e. The summed E-state index contributed by atoms with van der Waals surface area (Å²) < 4.78 is 27.1. The minimum absolute atomic E-state index is 0.189. The Morgan fingerprint density at radius 1 is 1.44 bits per heavy atom. The van der Waals surface area contributed by atoms with Crippen molar-refractivity contribution < 1.29 is 17.4 Å². The highest BCUT2D eigenvalue weighted by atomic mass is 32.2. The van der Waals surface area contributed by atoms with Crippen LogP contribution in [0.25, 0.3) is 0 Å². The Hall–Kier alpha value is -1.82. The van der Waals surface area contributed by atoms with Crippen molar-refractivity contribution in [1.82, 2.24) is 0 Å². The highest BCUT2D eigenvalue weighted by Crippen LogP contribution is 2.15. The third-order valence-corrected chi connectivity index (χ3v) is 3.17. The lowest BCUT2D eigenvalue weighted by Gasteiger charge is -2.13. The van der Waals surface area contributed by atoms with E-state index in [1.807, 2.05) is 14.1 Å². The lowest BCUT2D eigenvalue weighted by atomic mass is 10.2. The Kier molecular flexibility index (Phi) is 4.49. The predicted octanol–water partition coefficient (Wildman–Crippen LogP) is 1.43. The number of nitrogens with zero attached hydrogens (tertiary/aromatic N) is 1. The molecule has 0 aromatic heterocycles. The first-order valence-corrected chi connectivity index (χ1v) is 6.78.